The van der Waals surface area contributed by atoms with Crippen LogP contribution in [0.2, 0.25) is 0 Å². The summed E-state index contributed by atoms with van der Waals surface area (Å²) in [5.41, 5.74) is 2.73. The van der Waals surface area contributed by atoms with Crippen LogP contribution in [0.15, 0.2) is 83.8 Å². The number of nitrogens with one attached hydrogen (secondary N) is 1. The molecule has 1 amide bonds. The predicted octanol–water partition coefficient (Wildman–Crippen LogP) is 5.25. The van der Waals surface area contributed by atoms with Gasteiger partial charge >= 0.3 is 0 Å². The van der Waals surface area contributed by atoms with Gasteiger partial charge in [-0.1, -0.05) is 75.4 Å². The van der Waals surface area contributed by atoms with Gasteiger partial charge in [-0.25, -0.2) is 8.42 Å². The summed E-state index contributed by atoms with van der Waals surface area (Å²) < 4.78 is 27.4. The van der Waals surface area contributed by atoms with Gasteiger partial charge in [-0.3, -0.25) is 9.59 Å². The third-order valence-corrected chi connectivity index (χ3v) is 8.42. The minimum atomic E-state index is -3.65. The zero-order valence-electron chi connectivity index (χ0n) is 20.9. The molecule has 0 aliphatic carbocycles. The molecule has 4 rings (SSSR count). The van der Waals surface area contributed by atoms with Crippen LogP contribution in [0.5, 0.6) is 0 Å². The standard InChI is InChI=1S/C29H32N2O4S/c1-29(2,3)24-16-14-21(15-17-24)27(32)22-9-7-11-25(19-22)30-28(33)23-10-8-18-31(20-23)36(34,35)26-12-5-4-6-13-26/h4-7,9,11-17,19,23H,8,10,18,20H2,1-3H3,(H,30,33). The summed E-state index contributed by atoms with van der Waals surface area (Å²) in [5, 5.41) is 2.89. The number of sulfonamides is 1. The van der Waals surface area contributed by atoms with Gasteiger partial charge in [0, 0.05) is 29.9 Å². The molecule has 0 aromatic heterocycles. The second-order valence-corrected chi connectivity index (χ2v) is 12.2. The molecular weight excluding hydrogens is 472 g/mol. The van der Waals surface area contributed by atoms with E-state index in [-0.39, 0.29) is 28.5 Å². The summed E-state index contributed by atoms with van der Waals surface area (Å²) in [6.45, 7) is 6.89. The number of hydrogen-bond donors (Lipinski definition) is 1. The third kappa shape index (κ3) is 5.74. The van der Waals surface area contributed by atoms with E-state index < -0.39 is 15.9 Å². The summed E-state index contributed by atoms with van der Waals surface area (Å²) >= 11 is 0. The number of amides is 1. The van der Waals surface area contributed by atoms with E-state index in [0.717, 1.165) is 5.56 Å². The van der Waals surface area contributed by atoms with Crippen molar-refractivity contribution in [1.82, 2.24) is 4.31 Å². The molecular formula is C29H32N2O4S. The van der Waals surface area contributed by atoms with Crippen LogP contribution >= 0.6 is 0 Å². The molecule has 1 N–H and O–H groups in total. The molecule has 3 aromatic carbocycles. The highest BCUT2D eigenvalue weighted by atomic mass is 32.2. The lowest BCUT2D eigenvalue weighted by atomic mass is 9.86. The molecule has 36 heavy (non-hydrogen) atoms. The fraction of sp³-hybridized carbons (Fsp3) is 0.310. The van der Waals surface area contributed by atoms with Crippen LogP contribution in [0.3, 0.4) is 0 Å². The summed E-state index contributed by atoms with van der Waals surface area (Å²) in [6.07, 6.45) is 1.21. The molecule has 0 saturated carbocycles. The molecule has 1 unspecified atom stereocenters. The Bertz CT molecular complexity index is 1340. The van der Waals surface area contributed by atoms with Crippen molar-refractivity contribution in [3.63, 3.8) is 0 Å². The Balaban J connectivity index is 1.45. The molecule has 1 fully saturated rings. The van der Waals surface area contributed by atoms with Crippen molar-refractivity contribution in [3.8, 4) is 0 Å². The van der Waals surface area contributed by atoms with E-state index >= 15 is 0 Å². The Kier molecular flexibility index (Phi) is 7.43. The molecule has 1 aliphatic rings. The quantitative estimate of drug-likeness (QED) is 0.465. The Labute approximate surface area is 213 Å². The lowest BCUT2D eigenvalue weighted by Crippen LogP contribution is -2.43. The van der Waals surface area contributed by atoms with Crippen molar-refractivity contribution in [2.75, 3.05) is 18.4 Å². The smallest absolute Gasteiger partial charge is 0.243 e. The van der Waals surface area contributed by atoms with Crippen molar-refractivity contribution in [2.45, 2.75) is 43.9 Å². The molecule has 1 aliphatic heterocycles. The SMILES string of the molecule is CC(C)(C)c1ccc(C(=O)c2cccc(NC(=O)C3CCCN(S(=O)(=O)c4ccccc4)C3)c2)cc1. The molecule has 6 nitrogen and oxygen atoms in total. The predicted molar refractivity (Wildman–Crippen MR) is 142 cm³/mol. The van der Waals surface area contributed by atoms with Gasteiger partial charge < -0.3 is 5.32 Å². The highest BCUT2D eigenvalue weighted by Gasteiger charge is 2.33. The Morgan fingerprint density at radius 1 is 0.889 bits per heavy atom. The Morgan fingerprint density at radius 3 is 2.25 bits per heavy atom. The monoisotopic (exact) mass is 504 g/mol. The first-order chi connectivity index (χ1) is 17.1. The van der Waals surface area contributed by atoms with Crippen LogP contribution in [0.25, 0.3) is 0 Å². The average Bonchev–Trinajstić information content (AvgIpc) is 2.88. The number of piperidine rings is 1. The van der Waals surface area contributed by atoms with Crippen molar-refractivity contribution in [3.05, 3.63) is 95.6 Å². The Morgan fingerprint density at radius 2 is 1.58 bits per heavy atom. The number of rotatable bonds is 6. The summed E-state index contributed by atoms with van der Waals surface area (Å²) in [4.78, 5) is 26.3. The first kappa shape index (κ1) is 25.8. The second-order valence-electron chi connectivity index (χ2n) is 10.2. The molecule has 1 saturated heterocycles. The first-order valence-electron chi connectivity index (χ1n) is 12.2. The average molecular weight is 505 g/mol. The summed E-state index contributed by atoms with van der Waals surface area (Å²) in [5.74, 6) is -0.840. The number of anilines is 1. The van der Waals surface area contributed by atoms with E-state index in [4.69, 9.17) is 0 Å². The van der Waals surface area contributed by atoms with Gasteiger partial charge in [0.2, 0.25) is 15.9 Å². The minimum Gasteiger partial charge on any atom is -0.326 e. The molecule has 0 radical (unpaired) electrons. The Hall–Kier alpha value is -3.29. The molecule has 0 spiro atoms. The van der Waals surface area contributed by atoms with Crippen molar-refractivity contribution in [2.24, 2.45) is 5.92 Å². The van der Waals surface area contributed by atoms with Gasteiger partial charge in [0.25, 0.3) is 0 Å². The van der Waals surface area contributed by atoms with Crippen molar-refractivity contribution >= 4 is 27.4 Å². The summed E-state index contributed by atoms with van der Waals surface area (Å²) in [6, 6.07) is 22.7. The van der Waals surface area contributed by atoms with Gasteiger partial charge in [0.1, 0.15) is 0 Å². The van der Waals surface area contributed by atoms with Crippen molar-refractivity contribution in [1.29, 1.82) is 0 Å². The fourth-order valence-electron chi connectivity index (χ4n) is 4.39. The van der Waals surface area contributed by atoms with Gasteiger partial charge in [-0.2, -0.15) is 4.31 Å². The van der Waals surface area contributed by atoms with Crippen LogP contribution in [0, 0.1) is 5.92 Å². The van der Waals surface area contributed by atoms with Crippen molar-refractivity contribution < 1.29 is 18.0 Å². The number of hydrogen-bond acceptors (Lipinski definition) is 4. The summed E-state index contributed by atoms with van der Waals surface area (Å²) in [7, 11) is -3.65. The molecule has 7 heteroatoms. The van der Waals surface area contributed by atoms with E-state index in [9.17, 15) is 18.0 Å². The maximum Gasteiger partial charge on any atom is 0.243 e. The van der Waals surface area contributed by atoms with Crippen LogP contribution in [0.1, 0.15) is 55.1 Å². The van der Waals surface area contributed by atoms with Gasteiger partial charge in [-0.05, 0) is 48.1 Å². The first-order valence-corrected chi connectivity index (χ1v) is 13.6. The van der Waals surface area contributed by atoms with E-state index in [1.165, 1.54) is 4.31 Å². The van der Waals surface area contributed by atoms with Gasteiger partial charge in [0.15, 0.2) is 5.78 Å². The maximum atomic E-state index is 13.0. The van der Waals surface area contributed by atoms with E-state index in [2.05, 4.69) is 26.1 Å². The molecule has 1 atom stereocenters. The second kappa shape index (κ2) is 10.4. The van der Waals surface area contributed by atoms with Gasteiger partial charge in [-0.15, -0.1) is 0 Å². The van der Waals surface area contributed by atoms with E-state index in [0.29, 0.717) is 36.2 Å². The highest BCUT2D eigenvalue weighted by Crippen LogP contribution is 2.26. The maximum absolute atomic E-state index is 13.0. The van der Waals surface area contributed by atoms with Crippen LogP contribution in [0.4, 0.5) is 5.69 Å². The number of ketones is 1. The fourth-order valence-corrected chi connectivity index (χ4v) is 5.93. The van der Waals surface area contributed by atoms with E-state index in [1.807, 2.05) is 24.3 Å². The number of benzene rings is 3. The van der Waals surface area contributed by atoms with Crippen LogP contribution < -0.4 is 5.32 Å². The number of carbonyl (C=O) groups is 2. The zero-order chi connectivity index (χ0) is 25.9. The molecule has 188 valence electrons. The third-order valence-electron chi connectivity index (χ3n) is 6.54. The van der Waals surface area contributed by atoms with Gasteiger partial charge in [0.05, 0.1) is 10.8 Å². The molecule has 0 bridgehead atoms. The minimum absolute atomic E-state index is 0.000895. The molecule has 1 heterocycles. The zero-order valence-corrected chi connectivity index (χ0v) is 21.7. The topological polar surface area (TPSA) is 83.6 Å². The van der Waals surface area contributed by atoms with E-state index in [1.54, 1.807) is 54.6 Å². The normalized spacial score (nSPS) is 16.9. The number of nitrogens with zero attached hydrogens (tertiary/aromatic N) is 1. The van der Waals surface area contributed by atoms with Crippen LogP contribution in [-0.4, -0.2) is 37.5 Å². The largest absolute Gasteiger partial charge is 0.326 e. The highest BCUT2D eigenvalue weighted by molar-refractivity contribution is 7.89. The lowest BCUT2D eigenvalue weighted by Gasteiger charge is -2.31. The molecule has 3 aromatic rings. The van der Waals surface area contributed by atoms with Crippen LogP contribution in [-0.2, 0) is 20.2 Å². The lowest BCUT2D eigenvalue weighted by molar-refractivity contribution is -0.120. The number of carbonyl (C=O) groups excluding carboxylic acids is 2.